The quantitative estimate of drug-likeness (QED) is 0.583. The Morgan fingerprint density at radius 1 is 1.69 bits per heavy atom. The van der Waals surface area contributed by atoms with Crippen molar-refractivity contribution in [2.24, 2.45) is 0 Å². The van der Waals surface area contributed by atoms with Gasteiger partial charge in [-0.05, 0) is 0 Å². The molecule has 0 aliphatic rings. The van der Waals surface area contributed by atoms with Crippen molar-refractivity contribution in [1.82, 2.24) is 15.3 Å². The molecule has 1 amide bonds. The fraction of sp³-hybridized carbons (Fsp3) is 0.444. The number of hydrogen-bond donors (Lipinski definition) is 3. The first-order chi connectivity index (χ1) is 7.52. The van der Waals surface area contributed by atoms with Crippen molar-refractivity contribution in [2.75, 3.05) is 12.8 Å². The van der Waals surface area contributed by atoms with Gasteiger partial charge in [-0.3, -0.25) is 4.79 Å². The van der Waals surface area contributed by atoms with Crippen molar-refractivity contribution in [3.63, 3.8) is 0 Å². The number of methoxy groups -OCH3 is 1. The van der Waals surface area contributed by atoms with Crippen LogP contribution in [0.2, 0.25) is 0 Å². The molecule has 0 spiro atoms. The summed E-state index contributed by atoms with van der Waals surface area (Å²) in [5, 5.41) is 2.49. The predicted octanol–water partition coefficient (Wildman–Crippen LogP) is -0.788. The average molecular weight is 226 g/mol. The third-order valence-electron chi connectivity index (χ3n) is 1.94. The van der Waals surface area contributed by atoms with Crippen molar-refractivity contribution in [2.45, 2.75) is 19.4 Å². The first kappa shape index (κ1) is 12.0. The van der Waals surface area contributed by atoms with Gasteiger partial charge in [-0.1, -0.05) is 0 Å². The van der Waals surface area contributed by atoms with Gasteiger partial charge < -0.3 is 20.8 Å². The Bertz CT molecular complexity index is 388. The second-order valence-corrected chi connectivity index (χ2v) is 3.27. The molecule has 0 fully saturated rings. The van der Waals surface area contributed by atoms with Crippen LogP contribution in [0.5, 0.6) is 0 Å². The predicted molar refractivity (Wildman–Crippen MR) is 56.3 cm³/mol. The summed E-state index contributed by atoms with van der Waals surface area (Å²) in [6.07, 6.45) is 1.77. The minimum atomic E-state index is -0.734. The molecule has 0 aliphatic carbocycles. The molecule has 0 radical (unpaired) electrons. The van der Waals surface area contributed by atoms with Gasteiger partial charge in [0.1, 0.15) is 6.04 Å². The Morgan fingerprint density at radius 2 is 2.38 bits per heavy atom. The Kier molecular flexibility index (Phi) is 3.87. The van der Waals surface area contributed by atoms with Gasteiger partial charge in [0.15, 0.2) is 5.95 Å². The van der Waals surface area contributed by atoms with E-state index in [1.807, 2.05) is 0 Å². The molecule has 0 saturated carbocycles. The SMILES string of the molecule is COC(=O)[C@H](Cc1cnc(N)[nH]1)NC(C)=O. The Morgan fingerprint density at radius 3 is 2.81 bits per heavy atom. The summed E-state index contributed by atoms with van der Waals surface area (Å²) in [7, 11) is 1.26. The molecule has 7 heteroatoms. The topological polar surface area (TPSA) is 110 Å². The van der Waals surface area contributed by atoms with Crippen LogP contribution in [-0.4, -0.2) is 35.0 Å². The summed E-state index contributed by atoms with van der Waals surface area (Å²) < 4.78 is 4.57. The summed E-state index contributed by atoms with van der Waals surface area (Å²) in [4.78, 5) is 28.8. The second kappa shape index (κ2) is 5.15. The third kappa shape index (κ3) is 3.26. The number of aromatic amines is 1. The van der Waals surface area contributed by atoms with Gasteiger partial charge in [-0.2, -0.15) is 0 Å². The third-order valence-corrected chi connectivity index (χ3v) is 1.94. The summed E-state index contributed by atoms with van der Waals surface area (Å²) in [5.74, 6) is -0.548. The Balaban J connectivity index is 2.70. The van der Waals surface area contributed by atoms with Crippen LogP contribution in [0.1, 0.15) is 12.6 Å². The summed E-state index contributed by atoms with van der Waals surface area (Å²) >= 11 is 0. The molecular formula is C9H14N4O3. The van der Waals surface area contributed by atoms with Gasteiger partial charge in [0, 0.05) is 19.0 Å². The van der Waals surface area contributed by atoms with Crippen LogP contribution in [0.3, 0.4) is 0 Å². The number of carbonyl (C=O) groups is 2. The molecule has 16 heavy (non-hydrogen) atoms. The number of nitrogens with one attached hydrogen (secondary N) is 2. The summed E-state index contributed by atoms with van der Waals surface area (Å²) in [6, 6.07) is -0.734. The molecule has 1 aromatic heterocycles. The molecule has 88 valence electrons. The van der Waals surface area contributed by atoms with Gasteiger partial charge in [-0.25, -0.2) is 9.78 Å². The van der Waals surface area contributed by atoms with Crippen LogP contribution in [0.4, 0.5) is 5.95 Å². The van der Waals surface area contributed by atoms with E-state index in [-0.39, 0.29) is 18.3 Å². The number of anilines is 1. The zero-order chi connectivity index (χ0) is 12.1. The van der Waals surface area contributed by atoms with E-state index in [9.17, 15) is 9.59 Å². The van der Waals surface area contributed by atoms with Gasteiger partial charge in [0.05, 0.1) is 13.3 Å². The van der Waals surface area contributed by atoms with E-state index in [2.05, 4.69) is 20.0 Å². The molecule has 0 unspecified atom stereocenters. The molecule has 1 aromatic rings. The fourth-order valence-corrected chi connectivity index (χ4v) is 1.28. The van der Waals surface area contributed by atoms with Crippen LogP contribution in [-0.2, 0) is 20.7 Å². The summed E-state index contributed by atoms with van der Waals surface area (Å²) in [6.45, 7) is 1.33. The van der Waals surface area contributed by atoms with Crippen molar-refractivity contribution in [1.29, 1.82) is 0 Å². The molecule has 0 bridgehead atoms. The van der Waals surface area contributed by atoms with Crippen LogP contribution in [0.25, 0.3) is 0 Å². The number of imidazole rings is 1. The highest BCUT2D eigenvalue weighted by molar-refractivity contribution is 5.83. The van der Waals surface area contributed by atoms with E-state index in [0.29, 0.717) is 5.69 Å². The highest BCUT2D eigenvalue weighted by atomic mass is 16.5. The van der Waals surface area contributed by atoms with Crippen LogP contribution in [0.15, 0.2) is 6.20 Å². The minimum absolute atomic E-state index is 0.260. The number of nitrogens with zero attached hydrogens (tertiary/aromatic N) is 1. The lowest BCUT2D eigenvalue weighted by Crippen LogP contribution is -2.42. The lowest BCUT2D eigenvalue weighted by Gasteiger charge is -2.14. The number of esters is 1. The monoisotopic (exact) mass is 226 g/mol. The Hall–Kier alpha value is -2.05. The first-order valence-corrected chi connectivity index (χ1v) is 4.67. The molecule has 4 N–H and O–H groups in total. The normalized spacial score (nSPS) is 11.9. The number of nitrogens with two attached hydrogens (primary N) is 1. The smallest absolute Gasteiger partial charge is 0.328 e. The molecule has 0 saturated heterocycles. The van der Waals surface area contributed by atoms with E-state index in [4.69, 9.17) is 5.73 Å². The van der Waals surface area contributed by atoms with Crippen LogP contribution < -0.4 is 11.1 Å². The molecule has 1 heterocycles. The number of hydrogen-bond acceptors (Lipinski definition) is 5. The maximum absolute atomic E-state index is 11.4. The number of carbonyl (C=O) groups excluding carboxylic acids is 2. The fourth-order valence-electron chi connectivity index (χ4n) is 1.28. The average Bonchev–Trinajstić information content (AvgIpc) is 2.61. The number of aromatic nitrogens is 2. The molecule has 1 atom stereocenters. The molecule has 1 rings (SSSR count). The minimum Gasteiger partial charge on any atom is -0.467 e. The highest BCUT2D eigenvalue weighted by Crippen LogP contribution is 2.03. The number of nitrogen functional groups attached to an aromatic ring is 1. The first-order valence-electron chi connectivity index (χ1n) is 4.67. The number of amides is 1. The second-order valence-electron chi connectivity index (χ2n) is 3.27. The van der Waals surface area contributed by atoms with Crippen molar-refractivity contribution in [3.8, 4) is 0 Å². The zero-order valence-electron chi connectivity index (χ0n) is 9.11. The van der Waals surface area contributed by atoms with Crippen LogP contribution >= 0.6 is 0 Å². The lowest BCUT2D eigenvalue weighted by atomic mass is 10.1. The van der Waals surface area contributed by atoms with E-state index in [1.165, 1.54) is 20.2 Å². The highest BCUT2D eigenvalue weighted by Gasteiger charge is 2.21. The summed E-state index contributed by atoms with van der Waals surface area (Å²) in [5.41, 5.74) is 6.05. The van der Waals surface area contributed by atoms with Gasteiger partial charge >= 0.3 is 5.97 Å². The van der Waals surface area contributed by atoms with Crippen LogP contribution in [0, 0.1) is 0 Å². The maximum atomic E-state index is 11.4. The Labute approximate surface area is 92.4 Å². The zero-order valence-corrected chi connectivity index (χ0v) is 9.11. The van der Waals surface area contributed by atoms with E-state index >= 15 is 0 Å². The standard InChI is InChI=1S/C9H14N4O3/c1-5(14)12-7(8(15)16-2)3-6-4-11-9(10)13-6/h4,7H,3H2,1-2H3,(H,12,14)(H3,10,11,13)/t7-/m0/s1. The van der Waals surface area contributed by atoms with Crippen molar-refractivity contribution < 1.29 is 14.3 Å². The number of ether oxygens (including phenoxy) is 1. The van der Waals surface area contributed by atoms with E-state index < -0.39 is 12.0 Å². The van der Waals surface area contributed by atoms with Crippen molar-refractivity contribution in [3.05, 3.63) is 11.9 Å². The maximum Gasteiger partial charge on any atom is 0.328 e. The van der Waals surface area contributed by atoms with Gasteiger partial charge in [-0.15, -0.1) is 0 Å². The largest absolute Gasteiger partial charge is 0.467 e. The number of rotatable bonds is 4. The molecular weight excluding hydrogens is 212 g/mol. The lowest BCUT2D eigenvalue weighted by molar-refractivity contribution is -0.144. The molecule has 0 aliphatic heterocycles. The van der Waals surface area contributed by atoms with Gasteiger partial charge in [0.25, 0.3) is 0 Å². The van der Waals surface area contributed by atoms with Crippen molar-refractivity contribution >= 4 is 17.8 Å². The molecule has 0 aromatic carbocycles. The van der Waals surface area contributed by atoms with E-state index in [0.717, 1.165) is 0 Å². The van der Waals surface area contributed by atoms with E-state index in [1.54, 1.807) is 0 Å². The molecule has 7 nitrogen and oxygen atoms in total. The van der Waals surface area contributed by atoms with Gasteiger partial charge in [0.2, 0.25) is 5.91 Å². The number of H-pyrrole nitrogens is 1.